The Balaban J connectivity index is 2.12. The first-order chi connectivity index (χ1) is 9.22. The van der Waals surface area contributed by atoms with E-state index in [1.807, 2.05) is 37.4 Å². The molecule has 1 atom stereocenters. The third-order valence-electron chi connectivity index (χ3n) is 2.65. The lowest BCUT2D eigenvalue weighted by Crippen LogP contribution is -2.28. The molecule has 0 aliphatic heterocycles. The maximum atomic E-state index is 11.8. The first-order valence-electron chi connectivity index (χ1n) is 6.52. The van der Waals surface area contributed by atoms with Crippen molar-refractivity contribution < 1.29 is 9.00 Å². The van der Waals surface area contributed by atoms with E-state index in [1.165, 1.54) is 0 Å². The maximum Gasteiger partial charge on any atom is 0.220 e. The Hall–Kier alpha value is -1.20. The highest BCUT2D eigenvalue weighted by atomic mass is 32.2. The molecule has 2 N–H and O–H groups in total. The lowest BCUT2D eigenvalue weighted by molar-refractivity contribution is -0.121. The largest absolute Gasteiger partial charge is 0.355 e. The van der Waals surface area contributed by atoms with E-state index in [0.29, 0.717) is 24.5 Å². The van der Waals surface area contributed by atoms with Crippen LogP contribution in [-0.4, -0.2) is 36.0 Å². The van der Waals surface area contributed by atoms with Gasteiger partial charge in [-0.15, -0.1) is 0 Å². The summed E-state index contributed by atoms with van der Waals surface area (Å²) in [5.74, 6) is 1.09. The van der Waals surface area contributed by atoms with Crippen molar-refractivity contribution >= 4 is 16.7 Å². The first kappa shape index (κ1) is 15.9. The zero-order chi connectivity index (χ0) is 13.9. The van der Waals surface area contributed by atoms with Crippen molar-refractivity contribution in [2.24, 2.45) is 0 Å². The second-order valence-electron chi connectivity index (χ2n) is 4.33. The van der Waals surface area contributed by atoms with Gasteiger partial charge in [-0.2, -0.15) is 0 Å². The molecule has 19 heavy (non-hydrogen) atoms. The third kappa shape index (κ3) is 7.74. The van der Waals surface area contributed by atoms with Gasteiger partial charge in [0, 0.05) is 35.3 Å². The van der Waals surface area contributed by atoms with E-state index in [2.05, 4.69) is 10.6 Å². The summed E-state index contributed by atoms with van der Waals surface area (Å²) in [5.41, 5.74) is 1.07. The molecule has 1 aromatic rings. The third-order valence-corrected chi connectivity index (χ3v) is 3.97. The SMILES string of the molecule is CNCCCC(=O)NCCS(=O)Cc1ccccc1. The van der Waals surface area contributed by atoms with Gasteiger partial charge in [-0.3, -0.25) is 9.00 Å². The van der Waals surface area contributed by atoms with Crippen LogP contribution in [0.5, 0.6) is 0 Å². The van der Waals surface area contributed by atoms with E-state index in [9.17, 15) is 9.00 Å². The Kier molecular flexibility index (Phi) is 8.09. The molecule has 0 spiro atoms. The molecule has 4 nitrogen and oxygen atoms in total. The maximum absolute atomic E-state index is 11.8. The molecule has 1 rings (SSSR count). The van der Waals surface area contributed by atoms with Gasteiger partial charge in [0.05, 0.1) is 0 Å². The summed E-state index contributed by atoms with van der Waals surface area (Å²) in [6.45, 7) is 1.32. The molecule has 0 saturated heterocycles. The molecule has 1 aromatic carbocycles. The van der Waals surface area contributed by atoms with Crippen LogP contribution in [-0.2, 0) is 21.3 Å². The molecule has 0 fully saturated rings. The summed E-state index contributed by atoms with van der Waals surface area (Å²) >= 11 is 0. The van der Waals surface area contributed by atoms with Gasteiger partial charge < -0.3 is 10.6 Å². The van der Waals surface area contributed by atoms with Crippen molar-refractivity contribution in [2.45, 2.75) is 18.6 Å². The van der Waals surface area contributed by atoms with E-state index < -0.39 is 10.8 Å². The molecule has 0 aliphatic rings. The number of nitrogens with one attached hydrogen (secondary N) is 2. The minimum absolute atomic E-state index is 0.0342. The summed E-state index contributed by atoms with van der Waals surface area (Å²) < 4.78 is 11.8. The summed E-state index contributed by atoms with van der Waals surface area (Å²) in [4.78, 5) is 11.4. The topological polar surface area (TPSA) is 58.2 Å². The normalized spacial score (nSPS) is 12.1. The molecule has 0 radical (unpaired) electrons. The number of hydrogen-bond acceptors (Lipinski definition) is 3. The standard InChI is InChI=1S/C14H22N2O2S/c1-15-9-5-8-14(17)16-10-11-19(18)12-13-6-3-2-4-7-13/h2-4,6-7,15H,5,8-12H2,1H3,(H,16,17). The number of amides is 1. The van der Waals surface area contributed by atoms with Crippen LogP contribution in [0, 0.1) is 0 Å². The molecule has 0 bridgehead atoms. The zero-order valence-corrected chi connectivity index (χ0v) is 12.2. The van der Waals surface area contributed by atoms with E-state index >= 15 is 0 Å². The van der Waals surface area contributed by atoms with E-state index in [1.54, 1.807) is 0 Å². The summed E-state index contributed by atoms with van der Waals surface area (Å²) in [7, 11) is 0.944. The highest BCUT2D eigenvalue weighted by Gasteiger charge is 2.04. The van der Waals surface area contributed by atoms with E-state index in [-0.39, 0.29) is 5.91 Å². The van der Waals surface area contributed by atoms with E-state index in [0.717, 1.165) is 18.5 Å². The molecular formula is C14H22N2O2S. The monoisotopic (exact) mass is 282 g/mol. The van der Waals surface area contributed by atoms with Crippen molar-refractivity contribution in [2.75, 3.05) is 25.9 Å². The first-order valence-corrected chi connectivity index (χ1v) is 8.01. The highest BCUT2D eigenvalue weighted by Crippen LogP contribution is 2.02. The predicted molar refractivity (Wildman–Crippen MR) is 79.3 cm³/mol. The molecule has 0 heterocycles. The minimum Gasteiger partial charge on any atom is -0.355 e. The lowest BCUT2D eigenvalue weighted by Gasteiger charge is -2.05. The number of rotatable bonds is 9. The molecule has 1 unspecified atom stereocenters. The Morgan fingerprint density at radius 3 is 2.63 bits per heavy atom. The fourth-order valence-electron chi connectivity index (χ4n) is 1.65. The fourth-order valence-corrected chi connectivity index (χ4v) is 2.69. The lowest BCUT2D eigenvalue weighted by atomic mass is 10.2. The molecule has 5 heteroatoms. The highest BCUT2D eigenvalue weighted by molar-refractivity contribution is 7.84. The average molecular weight is 282 g/mol. The fraction of sp³-hybridized carbons (Fsp3) is 0.500. The summed E-state index contributed by atoms with van der Waals surface area (Å²) in [5, 5.41) is 5.79. The van der Waals surface area contributed by atoms with Gasteiger partial charge in [0.2, 0.25) is 5.91 Å². The van der Waals surface area contributed by atoms with Crippen LogP contribution in [0.2, 0.25) is 0 Å². The average Bonchev–Trinajstić information content (AvgIpc) is 2.40. The summed E-state index contributed by atoms with van der Waals surface area (Å²) in [6, 6.07) is 9.76. The Morgan fingerprint density at radius 1 is 1.21 bits per heavy atom. The molecule has 1 amide bonds. The number of carbonyl (C=O) groups excluding carboxylic acids is 1. The molecule has 0 aliphatic carbocycles. The zero-order valence-electron chi connectivity index (χ0n) is 11.4. The quantitative estimate of drug-likeness (QED) is 0.666. The Morgan fingerprint density at radius 2 is 1.95 bits per heavy atom. The second-order valence-corrected chi connectivity index (χ2v) is 5.91. The van der Waals surface area contributed by atoms with Crippen molar-refractivity contribution in [3.05, 3.63) is 35.9 Å². The van der Waals surface area contributed by atoms with Crippen LogP contribution >= 0.6 is 0 Å². The number of carbonyl (C=O) groups is 1. The molecule has 106 valence electrons. The van der Waals surface area contributed by atoms with Gasteiger partial charge >= 0.3 is 0 Å². The van der Waals surface area contributed by atoms with Crippen LogP contribution in [0.25, 0.3) is 0 Å². The van der Waals surface area contributed by atoms with Crippen molar-refractivity contribution in [1.29, 1.82) is 0 Å². The van der Waals surface area contributed by atoms with Crippen LogP contribution in [0.4, 0.5) is 0 Å². The van der Waals surface area contributed by atoms with Crippen LogP contribution in [0.1, 0.15) is 18.4 Å². The Bertz CT molecular complexity index is 396. The second kappa shape index (κ2) is 9.69. The number of benzene rings is 1. The van der Waals surface area contributed by atoms with Crippen LogP contribution < -0.4 is 10.6 Å². The number of hydrogen-bond donors (Lipinski definition) is 2. The van der Waals surface area contributed by atoms with Gasteiger partial charge in [0.25, 0.3) is 0 Å². The van der Waals surface area contributed by atoms with Gasteiger partial charge in [0.1, 0.15) is 0 Å². The van der Waals surface area contributed by atoms with Gasteiger partial charge in [-0.25, -0.2) is 0 Å². The van der Waals surface area contributed by atoms with E-state index in [4.69, 9.17) is 0 Å². The van der Waals surface area contributed by atoms with Crippen molar-refractivity contribution in [3.8, 4) is 0 Å². The van der Waals surface area contributed by atoms with Gasteiger partial charge in [-0.1, -0.05) is 30.3 Å². The van der Waals surface area contributed by atoms with Crippen LogP contribution in [0.15, 0.2) is 30.3 Å². The molecular weight excluding hydrogens is 260 g/mol. The Labute approximate surface area is 117 Å². The smallest absolute Gasteiger partial charge is 0.220 e. The molecule has 0 saturated carbocycles. The minimum atomic E-state index is -0.922. The van der Waals surface area contributed by atoms with Crippen molar-refractivity contribution in [3.63, 3.8) is 0 Å². The van der Waals surface area contributed by atoms with Crippen LogP contribution in [0.3, 0.4) is 0 Å². The molecule has 0 aromatic heterocycles. The van der Waals surface area contributed by atoms with Gasteiger partial charge in [-0.05, 0) is 25.6 Å². The van der Waals surface area contributed by atoms with Crippen molar-refractivity contribution in [1.82, 2.24) is 10.6 Å². The predicted octanol–water partition coefficient (Wildman–Crippen LogP) is 1.05. The van der Waals surface area contributed by atoms with Gasteiger partial charge in [0.15, 0.2) is 0 Å². The summed E-state index contributed by atoms with van der Waals surface area (Å²) in [6.07, 6.45) is 1.35.